The number of amides is 2. The molecular weight excluding hydrogens is 336 g/mol. The van der Waals surface area contributed by atoms with Gasteiger partial charge in [0.15, 0.2) is 23.9 Å². The summed E-state index contributed by atoms with van der Waals surface area (Å²) in [5, 5.41) is 0. The van der Waals surface area contributed by atoms with Gasteiger partial charge in [-0.25, -0.2) is 0 Å². The van der Waals surface area contributed by atoms with Gasteiger partial charge in [0, 0.05) is 37.7 Å². The first kappa shape index (κ1) is 19.8. The average Bonchev–Trinajstić information content (AvgIpc) is 2.65. The van der Waals surface area contributed by atoms with Crippen molar-refractivity contribution < 1.29 is 23.9 Å². The lowest BCUT2D eigenvalue weighted by Crippen LogP contribution is -2.52. The summed E-state index contributed by atoms with van der Waals surface area (Å²) in [5.74, 6) is 0.700. The second-order valence-electron chi connectivity index (χ2n) is 6.57. The molecule has 0 unspecified atom stereocenters. The van der Waals surface area contributed by atoms with Gasteiger partial charge in [0.25, 0.3) is 5.91 Å². The Morgan fingerprint density at radius 1 is 1.04 bits per heavy atom. The predicted octanol–water partition coefficient (Wildman–Crippen LogP) is 1.60. The minimum atomic E-state index is -0.139. The molecule has 26 heavy (non-hydrogen) atoms. The average molecular weight is 362 g/mol. The Balaban J connectivity index is 1.90. The molecule has 7 nitrogen and oxygen atoms in total. The Hall–Kier alpha value is -2.57. The third kappa shape index (κ3) is 4.74. The largest absolute Gasteiger partial charge is 0.493 e. The molecule has 0 aliphatic carbocycles. The first-order valence-electron chi connectivity index (χ1n) is 8.71. The van der Waals surface area contributed by atoms with Crippen molar-refractivity contribution in [3.8, 4) is 11.5 Å². The van der Waals surface area contributed by atoms with E-state index in [4.69, 9.17) is 9.47 Å². The molecule has 1 aliphatic heterocycles. The first-order valence-corrected chi connectivity index (χ1v) is 8.71. The number of methoxy groups -OCH3 is 1. The second-order valence-corrected chi connectivity index (χ2v) is 6.57. The molecule has 142 valence electrons. The van der Waals surface area contributed by atoms with Crippen LogP contribution in [0.2, 0.25) is 0 Å². The second kappa shape index (κ2) is 8.69. The van der Waals surface area contributed by atoms with Crippen molar-refractivity contribution in [3.05, 3.63) is 23.8 Å². The molecule has 1 aliphatic rings. The highest BCUT2D eigenvalue weighted by Crippen LogP contribution is 2.28. The van der Waals surface area contributed by atoms with Crippen molar-refractivity contribution in [1.82, 2.24) is 9.80 Å². The summed E-state index contributed by atoms with van der Waals surface area (Å²) in [6.45, 7) is 7.19. The molecule has 0 atom stereocenters. The van der Waals surface area contributed by atoms with Gasteiger partial charge in [0.2, 0.25) is 5.91 Å². The molecule has 1 aromatic rings. The number of ether oxygens (including phenoxy) is 2. The molecule has 1 aromatic carbocycles. The predicted molar refractivity (Wildman–Crippen MR) is 96.5 cm³/mol. The Labute approximate surface area is 153 Å². The SMILES string of the molecule is COc1cc(C(C)=O)ccc1OCC(=O)N1CCN(C(=O)C(C)C)CC1. The molecule has 0 spiro atoms. The molecule has 7 heteroatoms. The van der Waals surface area contributed by atoms with Crippen LogP contribution in [0.3, 0.4) is 0 Å². The van der Waals surface area contributed by atoms with Gasteiger partial charge in [-0.1, -0.05) is 13.8 Å². The van der Waals surface area contributed by atoms with E-state index >= 15 is 0 Å². The number of rotatable bonds is 6. The summed E-state index contributed by atoms with van der Waals surface area (Å²) in [4.78, 5) is 39.3. The Kier molecular flexibility index (Phi) is 6.60. The Morgan fingerprint density at radius 2 is 1.65 bits per heavy atom. The zero-order valence-electron chi connectivity index (χ0n) is 15.8. The fourth-order valence-corrected chi connectivity index (χ4v) is 2.78. The Bertz CT molecular complexity index is 679. The van der Waals surface area contributed by atoms with E-state index in [0.29, 0.717) is 43.2 Å². The van der Waals surface area contributed by atoms with E-state index in [1.54, 1.807) is 28.0 Å². The molecular formula is C19H26N2O5. The summed E-state index contributed by atoms with van der Waals surface area (Å²) in [6, 6.07) is 4.86. The van der Waals surface area contributed by atoms with Crippen LogP contribution in [0.1, 0.15) is 31.1 Å². The van der Waals surface area contributed by atoms with Gasteiger partial charge in [0.05, 0.1) is 7.11 Å². The maximum Gasteiger partial charge on any atom is 0.260 e. The summed E-state index contributed by atoms with van der Waals surface area (Å²) in [7, 11) is 1.49. The summed E-state index contributed by atoms with van der Waals surface area (Å²) in [6.07, 6.45) is 0. The quantitative estimate of drug-likeness (QED) is 0.719. The lowest BCUT2D eigenvalue weighted by molar-refractivity contribution is -0.142. The number of benzene rings is 1. The van der Waals surface area contributed by atoms with Crippen molar-refractivity contribution in [2.75, 3.05) is 39.9 Å². The van der Waals surface area contributed by atoms with Crippen molar-refractivity contribution in [3.63, 3.8) is 0 Å². The summed E-state index contributed by atoms with van der Waals surface area (Å²) in [5.41, 5.74) is 0.520. The highest BCUT2D eigenvalue weighted by molar-refractivity contribution is 5.94. The van der Waals surface area contributed by atoms with Crippen molar-refractivity contribution in [2.45, 2.75) is 20.8 Å². The molecule has 0 bridgehead atoms. The zero-order chi connectivity index (χ0) is 19.3. The van der Waals surface area contributed by atoms with E-state index in [-0.39, 0.29) is 30.1 Å². The minimum Gasteiger partial charge on any atom is -0.493 e. The van der Waals surface area contributed by atoms with Gasteiger partial charge in [-0.2, -0.15) is 0 Å². The number of nitrogens with zero attached hydrogens (tertiary/aromatic N) is 2. The Morgan fingerprint density at radius 3 is 2.19 bits per heavy atom. The van der Waals surface area contributed by atoms with E-state index in [1.807, 2.05) is 13.8 Å². The van der Waals surface area contributed by atoms with Gasteiger partial charge < -0.3 is 19.3 Å². The van der Waals surface area contributed by atoms with Crippen LogP contribution >= 0.6 is 0 Å². The third-order valence-corrected chi connectivity index (χ3v) is 4.36. The van der Waals surface area contributed by atoms with Gasteiger partial charge in [-0.15, -0.1) is 0 Å². The number of piperazine rings is 1. The lowest BCUT2D eigenvalue weighted by Gasteiger charge is -2.35. The number of hydrogen-bond acceptors (Lipinski definition) is 5. The van der Waals surface area contributed by atoms with Crippen LogP contribution in [-0.4, -0.2) is 67.3 Å². The van der Waals surface area contributed by atoms with Crippen molar-refractivity contribution in [1.29, 1.82) is 0 Å². The fraction of sp³-hybridized carbons (Fsp3) is 0.526. The maximum absolute atomic E-state index is 12.4. The van der Waals surface area contributed by atoms with E-state index in [9.17, 15) is 14.4 Å². The van der Waals surface area contributed by atoms with Crippen LogP contribution in [0, 0.1) is 5.92 Å². The zero-order valence-corrected chi connectivity index (χ0v) is 15.8. The molecule has 2 amide bonds. The van der Waals surface area contributed by atoms with Crippen LogP contribution in [0.4, 0.5) is 0 Å². The molecule has 0 radical (unpaired) electrons. The minimum absolute atomic E-state index is 0.0361. The molecule has 0 N–H and O–H groups in total. The number of ketones is 1. The van der Waals surface area contributed by atoms with Crippen LogP contribution in [0.5, 0.6) is 11.5 Å². The van der Waals surface area contributed by atoms with Gasteiger partial charge in [-0.05, 0) is 25.1 Å². The first-order chi connectivity index (χ1) is 12.3. The van der Waals surface area contributed by atoms with Gasteiger partial charge in [0.1, 0.15) is 0 Å². The number of carbonyl (C=O) groups is 3. The molecule has 1 saturated heterocycles. The lowest BCUT2D eigenvalue weighted by atomic mass is 10.1. The molecule has 0 saturated carbocycles. The van der Waals surface area contributed by atoms with E-state index in [1.165, 1.54) is 14.0 Å². The summed E-state index contributed by atoms with van der Waals surface area (Å²) >= 11 is 0. The van der Waals surface area contributed by atoms with Gasteiger partial charge >= 0.3 is 0 Å². The van der Waals surface area contributed by atoms with Crippen LogP contribution in [-0.2, 0) is 9.59 Å². The topological polar surface area (TPSA) is 76.2 Å². The monoisotopic (exact) mass is 362 g/mol. The van der Waals surface area contributed by atoms with E-state index < -0.39 is 0 Å². The number of Topliss-reactive ketones (excluding diaryl/α,β-unsaturated/α-hetero) is 1. The molecule has 1 fully saturated rings. The fourth-order valence-electron chi connectivity index (χ4n) is 2.78. The third-order valence-electron chi connectivity index (χ3n) is 4.36. The summed E-state index contributed by atoms with van der Waals surface area (Å²) < 4.78 is 10.8. The van der Waals surface area contributed by atoms with Gasteiger partial charge in [-0.3, -0.25) is 14.4 Å². The molecule has 0 aromatic heterocycles. The van der Waals surface area contributed by atoms with E-state index in [2.05, 4.69) is 0 Å². The number of hydrogen-bond donors (Lipinski definition) is 0. The molecule has 1 heterocycles. The smallest absolute Gasteiger partial charge is 0.260 e. The normalized spacial score (nSPS) is 14.3. The van der Waals surface area contributed by atoms with Crippen LogP contribution < -0.4 is 9.47 Å². The van der Waals surface area contributed by atoms with Crippen molar-refractivity contribution in [2.24, 2.45) is 5.92 Å². The standard InChI is InChI=1S/C19H26N2O5/c1-13(2)19(24)21-9-7-20(8-10-21)18(23)12-26-16-6-5-15(14(3)22)11-17(16)25-4/h5-6,11,13H,7-10,12H2,1-4H3. The molecule has 2 rings (SSSR count). The van der Waals surface area contributed by atoms with Crippen LogP contribution in [0.25, 0.3) is 0 Å². The van der Waals surface area contributed by atoms with Crippen LogP contribution in [0.15, 0.2) is 18.2 Å². The highest BCUT2D eigenvalue weighted by atomic mass is 16.5. The number of carbonyl (C=O) groups excluding carboxylic acids is 3. The van der Waals surface area contributed by atoms with E-state index in [0.717, 1.165) is 0 Å². The highest BCUT2D eigenvalue weighted by Gasteiger charge is 2.25. The maximum atomic E-state index is 12.4. The van der Waals surface area contributed by atoms with Crippen molar-refractivity contribution >= 4 is 17.6 Å².